The molecule has 1 saturated carbocycles. The number of rotatable bonds is 5. The molecule has 1 aliphatic carbocycles. The summed E-state index contributed by atoms with van der Waals surface area (Å²) in [5, 5.41) is 2.77. The lowest BCUT2D eigenvalue weighted by atomic mass is 10.2. The van der Waals surface area contributed by atoms with Crippen molar-refractivity contribution in [1.82, 2.24) is 15.2 Å². The van der Waals surface area contributed by atoms with Crippen LogP contribution in [0.5, 0.6) is 0 Å². The van der Waals surface area contributed by atoms with E-state index in [1.165, 1.54) is 43.9 Å². The lowest BCUT2D eigenvalue weighted by Gasteiger charge is -2.23. The van der Waals surface area contributed by atoms with Gasteiger partial charge in [-0.05, 0) is 32.0 Å². The van der Waals surface area contributed by atoms with E-state index < -0.39 is 5.95 Å². The molecule has 0 radical (unpaired) electrons. The number of hydrogen-bond donors (Lipinski definition) is 1. The van der Waals surface area contributed by atoms with Crippen LogP contribution in [0.15, 0.2) is 18.2 Å². The zero-order valence-electron chi connectivity index (χ0n) is 11.2. The van der Waals surface area contributed by atoms with Crippen molar-refractivity contribution in [3.8, 4) is 0 Å². The minimum Gasteiger partial charge on any atom is -0.349 e. The molecule has 0 bridgehead atoms. The van der Waals surface area contributed by atoms with Crippen LogP contribution in [-0.4, -0.2) is 42.0 Å². The average Bonchev–Trinajstić information content (AvgIpc) is 2.92. The van der Waals surface area contributed by atoms with Crippen molar-refractivity contribution in [3.63, 3.8) is 0 Å². The number of amides is 1. The molecule has 1 aromatic rings. The summed E-state index contributed by atoms with van der Waals surface area (Å²) < 4.78 is 12.9. The third-order valence-electron chi connectivity index (χ3n) is 3.65. The fourth-order valence-corrected chi connectivity index (χ4v) is 2.50. The number of aromatic nitrogens is 1. The monoisotopic (exact) mass is 265 g/mol. The van der Waals surface area contributed by atoms with E-state index in [9.17, 15) is 9.18 Å². The summed E-state index contributed by atoms with van der Waals surface area (Å²) in [5.74, 6) is -0.949. The maximum Gasteiger partial charge on any atom is 0.270 e. The number of hydrogen-bond acceptors (Lipinski definition) is 3. The summed E-state index contributed by atoms with van der Waals surface area (Å²) in [6.07, 6.45) is 5.09. The SMILES string of the molecule is CN(CCNC(=O)c1cccc(F)n1)C1CCCC1. The van der Waals surface area contributed by atoms with Gasteiger partial charge in [-0.2, -0.15) is 4.39 Å². The minimum absolute atomic E-state index is 0.128. The summed E-state index contributed by atoms with van der Waals surface area (Å²) in [6, 6.07) is 4.87. The second kappa shape index (κ2) is 6.61. The average molecular weight is 265 g/mol. The van der Waals surface area contributed by atoms with Crippen molar-refractivity contribution in [2.75, 3.05) is 20.1 Å². The Kier molecular flexibility index (Phi) is 4.85. The predicted octanol–water partition coefficient (Wildman–Crippen LogP) is 1.82. The van der Waals surface area contributed by atoms with Crippen molar-refractivity contribution < 1.29 is 9.18 Å². The molecule has 1 aliphatic rings. The third kappa shape index (κ3) is 3.99. The van der Waals surface area contributed by atoms with Gasteiger partial charge in [0, 0.05) is 19.1 Å². The summed E-state index contributed by atoms with van der Waals surface area (Å²) in [6.45, 7) is 1.37. The quantitative estimate of drug-likeness (QED) is 0.826. The maximum atomic E-state index is 12.9. The van der Waals surface area contributed by atoms with Crippen molar-refractivity contribution >= 4 is 5.91 Å². The van der Waals surface area contributed by atoms with E-state index in [2.05, 4.69) is 22.2 Å². The molecule has 104 valence electrons. The highest BCUT2D eigenvalue weighted by molar-refractivity contribution is 5.92. The summed E-state index contributed by atoms with van der Waals surface area (Å²) in [5.41, 5.74) is 0.128. The van der Waals surface area contributed by atoms with Gasteiger partial charge in [-0.15, -0.1) is 0 Å². The molecule has 2 rings (SSSR count). The fraction of sp³-hybridized carbons (Fsp3) is 0.571. The number of likely N-dealkylation sites (N-methyl/N-ethyl adjacent to an activating group) is 1. The van der Waals surface area contributed by atoms with Gasteiger partial charge in [-0.1, -0.05) is 18.9 Å². The number of carbonyl (C=O) groups excluding carboxylic acids is 1. The maximum absolute atomic E-state index is 12.9. The Bertz CT molecular complexity index is 432. The van der Waals surface area contributed by atoms with E-state index >= 15 is 0 Å². The molecule has 1 heterocycles. The number of carbonyl (C=O) groups is 1. The smallest absolute Gasteiger partial charge is 0.270 e. The first kappa shape index (κ1) is 13.9. The zero-order valence-corrected chi connectivity index (χ0v) is 11.2. The molecular formula is C14H20FN3O. The Balaban J connectivity index is 1.74. The molecule has 4 nitrogen and oxygen atoms in total. The Morgan fingerprint density at radius 2 is 2.21 bits per heavy atom. The first-order valence-corrected chi connectivity index (χ1v) is 6.78. The van der Waals surface area contributed by atoms with E-state index in [0.29, 0.717) is 12.6 Å². The minimum atomic E-state index is -0.629. The van der Waals surface area contributed by atoms with Crippen molar-refractivity contribution in [3.05, 3.63) is 29.8 Å². The highest BCUT2D eigenvalue weighted by Crippen LogP contribution is 2.21. The highest BCUT2D eigenvalue weighted by Gasteiger charge is 2.19. The number of halogens is 1. The molecule has 5 heteroatoms. The van der Waals surface area contributed by atoms with Gasteiger partial charge in [-0.3, -0.25) is 4.79 Å². The third-order valence-corrected chi connectivity index (χ3v) is 3.65. The van der Waals surface area contributed by atoms with Gasteiger partial charge in [0.05, 0.1) is 0 Å². The Labute approximate surface area is 113 Å². The normalized spacial score (nSPS) is 15.9. The second-order valence-corrected chi connectivity index (χ2v) is 5.02. The molecule has 1 amide bonds. The van der Waals surface area contributed by atoms with Crippen LogP contribution >= 0.6 is 0 Å². The van der Waals surface area contributed by atoms with E-state index in [-0.39, 0.29) is 11.6 Å². The molecule has 0 spiro atoms. The predicted molar refractivity (Wildman–Crippen MR) is 71.4 cm³/mol. The van der Waals surface area contributed by atoms with Gasteiger partial charge < -0.3 is 10.2 Å². The van der Waals surface area contributed by atoms with Gasteiger partial charge >= 0.3 is 0 Å². The van der Waals surface area contributed by atoms with Crippen LogP contribution in [0.25, 0.3) is 0 Å². The van der Waals surface area contributed by atoms with E-state index in [4.69, 9.17) is 0 Å². The molecule has 0 aliphatic heterocycles. The molecule has 1 N–H and O–H groups in total. The Morgan fingerprint density at radius 3 is 2.89 bits per heavy atom. The molecular weight excluding hydrogens is 245 g/mol. The van der Waals surface area contributed by atoms with Crippen LogP contribution in [0.1, 0.15) is 36.2 Å². The lowest BCUT2D eigenvalue weighted by Crippen LogP contribution is -2.37. The van der Waals surface area contributed by atoms with Crippen LogP contribution in [0.4, 0.5) is 4.39 Å². The molecule has 0 saturated heterocycles. The topological polar surface area (TPSA) is 45.2 Å². The molecule has 1 aromatic heterocycles. The number of pyridine rings is 1. The van der Waals surface area contributed by atoms with Gasteiger partial charge in [0.25, 0.3) is 5.91 Å². The van der Waals surface area contributed by atoms with E-state index in [0.717, 1.165) is 6.54 Å². The fourth-order valence-electron chi connectivity index (χ4n) is 2.50. The number of nitrogens with zero attached hydrogens (tertiary/aromatic N) is 2. The Morgan fingerprint density at radius 1 is 1.47 bits per heavy atom. The second-order valence-electron chi connectivity index (χ2n) is 5.02. The number of nitrogens with one attached hydrogen (secondary N) is 1. The molecule has 1 fully saturated rings. The van der Waals surface area contributed by atoms with E-state index in [1.54, 1.807) is 0 Å². The summed E-state index contributed by atoms with van der Waals surface area (Å²) >= 11 is 0. The van der Waals surface area contributed by atoms with Gasteiger partial charge in [-0.25, -0.2) is 4.98 Å². The lowest BCUT2D eigenvalue weighted by molar-refractivity contribution is 0.0941. The van der Waals surface area contributed by atoms with Gasteiger partial charge in [0.15, 0.2) is 0 Å². The molecule has 0 atom stereocenters. The van der Waals surface area contributed by atoms with Gasteiger partial charge in [0.2, 0.25) is 5.95 Å². The van der Waals surface area contributed by atoms with Crippen LogP contribution in [0, 0.1) is 5.95 Å². The van der Waals surface area contributed by atoms with E-state index in [1.807, 2.05) is 0 Å². The highest BCUT2D eigenvalue weighted by atomic mass is 19.1. The first-order chi connectivity index (χ1) is 9.16. The van der Waals surface area contributed by atoms with Crippen molar-refractivity contribution in [2.45, 2.75) is 31.7 Å². The van der Waals surface area contributed by atoms with Crippen molar-refractivity contribution in [2.24, 2.45) is 0 Å². The zero-order chi connectivity index (χ0) is 13.7. The molecule has 19 heavy (non-hydrogen) atoms. The van der Waals surface area contributed by atoms with Crippen LogP contribution in [0.3, 0.4) is 0 Å². The van der Waals surface area contributed by atoms with Crippen LogP contribution in [-0.2, 0) is 0 Å². The Hall–Kier alpha value is -1.49. The largest absolute Gasteiger partial charge is 0.349 e. The molecule has 0 unspecified atom stereocenters. The molecule has 0 aromatic carbocycles. The summed E-state index contributed by atoms with van der Waals surface area (Å²) in [7, 11) is 2.09. The first-order valence-electron chi connectivity index (χ1n) is 6.78. The van der Waals surface area contributed by atoms with Gasteiger partial charge in [0.1, 0.15) is 5.69 Å². The van der Waals surface area contributed by atoms with Crippen molar-refractivity contribution in [1.29, 1.82) is 0 Å². The van der Waals surface area contributed by atoms with Crippen LogP contribution in [0.2, 0.25) is 0 Å². The standard InChI is InChI=1S/C14H20FN3O/c1-18(11-5-2-3-6-11)10-9-16-14(19)12-7-4-8-13(15)17-12/h4,7-8,11H,2-3,5-6,9-10H2,1H3,(H,16,19). The summed E-state index contributed by atoms with van der Waals surface area (Å²) in [4.78, 5) is 17.6. The van der Waals surface area contributed by atoms with Crippen LogP contribution < -0.4 is 5.32 Å².